The molecule has 7 heteroatoms. The number of carbonyl (C=O) groups excluding carboxylic acids is 1. The molecule has 0 bridgehead atoms. The predicted octanol–water partition coefficient (Wildman–Crippen LogP) is 1.39. The molecular formula is C13H15N3O3S. The van der Waals surface area contributed by atoms with E-state index in [1.807, 2.05) is 24.3 Å². The van der Waals surface area contributed by atoms with Crippen molar-refractivity contribution in [2.24, 2.45) is 0 Å². The highest BCUT2D eigenvalue weighted by Gasteiger charge is 2.18. The Bertz CT molecular complexity index is 593. The Morgan fingerprint density at radius 2 is 2.20 bits per heavy atom. The van der Waals surface area contributed by atoms with E-state index >= 15 is 0 Å². The maximum absolute atomic E-state index is 11.0. The quantitative estimate of drug-likeness (QED) is 0.748. The molecule has 3 N–H and O–H groups in total. The minimum Gasteiger partial charge on any atom is -0.480 e. The van der Waals surface area contributed by atoms with Crippen LogP contribution in [-0.2, 0) is 15.3 Å². The van der Waals surface area contributed by atoms with E-state index in [-0.39, 0.29) is 5.91 Å². The molecule has 1 heterocycles. The van der Waals surface area contributed by atoms with Gasteiger partial charge in [-0.15, -0.1) is 0 Å². The monoisotopic (exact) mass is 293 g/mol. The van der Waals surface area contributed by atoms with Gasteiger partial charge in [-0.3, -0.25) is 4.79 Å². The molecule has 1 amide bonds. The molecular weight excluding hydrogens is 278 g/mol. The summed E-state index contributed by atoms with van der Waals surface area (Å²) in [5.74, 6) is 0.284. The average molecular weight is 293 g/mol. The lowest BCUT2D eigenvalue weighted by atomic mass is 10.3. The number of thioether (sulfide) groups is 1. The average Bonchev–Trinajstić information content (AvgIpc) is 2.79. The van der Waals surface area contributed by atoms with Crippen LogP contribution in [0.15, 0.2) is 24.3 Å². The van der Waals surface area contributed by atoms with Gasteiger partial charge in [-0.05, 0) is 12.1 Å². The van der Waals surface area contributed by atoms with Crippen LogP contribution in [0.1, 0.15) is 12.7 Å². The summed E-state index contributed by atoms with van der Waals surface area (Å²) in [7, 11) is 0. The Kier molecular flexibility index (Phi) is 4.62. The summed E-state index contributed by atoms with van der Waals surface area (Å²) in [4.78, 5) is 29.5. The number of nitrogens with zero attached hydrogens (tertiary/aromatic N) is 1. The van der Waals surface area contributed by atoms with Gasteiger partial charge >= 0.3 is 5.97 Å². The SMILES string of the molecule is CC(=O)N[C@@H](CSCc1nc2ccccc2[nH]1)C(=O)O. The predicted molar refractivity (Wildman–Crippen MR) is 77.5 cm³/mol. The number of carboxylic acid groups (broad SMARTS) is 1. The van der Waals surface area contributed by atoms with Crippen LogP contribution in [0.4, 0.5) is 0 Å². The number of para-hydroxylation sites is 2. The van der Waals surface area contributed by atoms with Crippen molar-refractivity contribution in [1.82, 2.24) is 15.3 Å². The van der Waals surface area contributed by atoms with E-state index < -0.39 is 12.0 Å². The molecule has 1 aromatic carbocycles. The Labute approximate surface area is 120 Å². The van der Waals surface area contributed by atoms with Crippen LogP contribution in [0, 0.1) is 0 Å². The van der Waals surface area contributed by atoms with Crippen LogP contribution in [0.3, 0.4) is 0 Å². The van der Waals surface area contributed by atoms with Crippen molar-refractivity contribution in [3.05, 3.63) is 30.1 Å². The molecule has 0 fully saturated rings. The van der Waals surface area contributed by atoms with E-state index in [9.17, 15) is 9.59 Å². The molecule has 6 nitrogen and oxygen atoms in total. The molecule has 0 saturated heterocycles. The van der Waals surface area contributed by atoms with Gasteiger partial charge in [0.25, 0.3) is 0 Å². The standard InChI is InChI=1S/C13H15N3O3S/c1-8(17)14-11(13(18)19)6-20-7-12-15-9-4-2-3-5-10(9)16-12/h2-5,11H,6-7H2,1H3,(H,14,17)(H,15,16)(H,18,19)/t11-/m0/s1. The number of aromatic nitrogens is 2. The number of aromatic amines is 1. The molecule has 0 spiro atoms. The molecule has 0 aliphatic carbocycles. The lowest BCUT2D eigenvalue weighted by Crippen LogP contribution is -2.41. The number of amides is 1. The number of nitrogens with one attached hydrogen (secondary N) is 2. The number of carbonyl (C=O) groups is 2. The molecule has 106 valence electrons. The van der Waals surface area contributed by atoms with Gasteiger partial charge in [0, 0.05) is 12.7 Å². The summed E-state index contributed by atoms with van der Waals surface area (Å²) in [5.41, 5.74) is 1.85. The molecule has 20 heavy (non-hydrogen) atoms. The first-order valence-electron chi connectivity index (χ1n) is 6.07. The second-order valence-electron chi connectivity index (χ2n) is 4.31. The van der Waals surface area contributed by atoms with Gasteiger partial charge in [-0.25, -0.2) is 9.78 Å². The van der Waals surface area contributed by atoms with Crippen LogP contribution in [0.2, 0.25) is 0 Å². The van der Waals surface area contributed by atoms with Crippen LogP contribution >= 0.6 is 11.8 Å². The minimum absolute atomic E-state index is 0.298. The number of benzene rings is 1. The highest BCUT2D eigenvalue weighted by Crippen LogP contribution is 2.15. The van der Waals surface area contributed by atoms with Gasteiger partial charge in [-0.2, -0.15) is 11.8 Å². The maximum atomic E-state index is 11.0. The van der Waals surface area contributed by atoms with E-state index in [4.69, 9.17) is 5.11 Å². The van der Waals surface area contributed by atoms with E-state index in [0.29, 0.717) is 11.5 Å². The summed E-state index contributed by atoms with van der Waals surface area (Å²) >= 11 is 1.41. The molecule has 0 saturated carbocycles. The van der Waals surface area contributed by atoms with Crippen molar-refractivity contribution < 1.29 is 14.7 Å². The summed E-state index contributed by atoms with van der Waals surface area (Å²) in [6.45, 7) is 1.31. The maximum Gasteiger partial charge on any atom is 0.327 e. The van der Waals surface area contributed by atoms with E-state index in [2.05, 4.69) is 15.3 Å². The number of aliphatic carboxylic acids is 1. The highest BCUT2D eigenvalue weighted by atomic mass is 32.2. The Morgan fingerprint density at radius 3 is 2.85 bits per heavy atom. The number of carboxylic acids is 1. The normalized spacial score (nSPS) is 12.2. The lowest BCUT2D eigenvalue weighted by Gasteiger charge is -2.11. The third kappa shape index (κ3) is 3.74. The van der Waals surface area contributed by atoms with Gasteiger partial charge in [0.05, 0.1) is 16.8 Å². The summed E-state index contributed by atoms with van der Waals surface area (Å²) in [6, 6.07) is 6.82. The summed E-state index contributed by atoms with van der Waals surface area (Å²) in [6.07, 6.45) is 0. The van der Waals surface area contributed by atoms with Gasteiger partial charge < -0.3 is 15.4 Å². The zero-order valence-corrected chi connectivity index (χ0v) is 11.7. The number of hydrogen-bond donors (Lipinski definition) is 3. The summed E-state index contributed by atoms with van der Waals surface area (Å²) in [5, 5.41) is 11.4. The van der Waals surface area contributed by atoms with Gasteiger partial charge in [0.2, 0.25) is 5.91 Å². The Balaban J connectivity index is 1.91. The fraction of sp³-hybridized carbons (Fsp3) is 0.308. The number of rotatable bonds is 6. The van der Waals surface area contributed by atoms with E-state index in [0.717, 1.165) is 16.9 Å². The minimum atomic E-state index is -1.03. The van der Waals surface area contributed by atoms with Crippen molar-refractivity contribution in [1.29, 1.82) is 0 Å². The summed E-state index contributed by atoms with van der Waals surface area (Å²) < 4.78 is 0. The molecule has 0 aliphatic heterocycles. The smallest absolute Gasteiger partial charge is 0.327 e. The molecule has 1 atom stereocenters. The molecule has 1 aromatic heterocycles. The molecule has 0 aliphatic rings. The Morgan fingerprint density at radius 1 is 1.45 bits per heavy atom. The largest absolute Gasteiger partial charge is 0.480 e. The van der Waals surface area contributed by atoms with E-state index in [1.165, 1.54) is 18.7 Å². The van der Waals surface area contributed by atoms with Crippen LogP contribution in [0.25, 0.3) is 11.0 Å². The topological polar surface area (TPSA) is 95.1 Å². The molecule has 0 unspecified atom stereocenters. The third-order valence-electron chi connectivity index (χ3n) is 2.64. The van der Waals surface area contributed by atoms with Crippen molar-refractivity contribution in [3.63, 3.8) is 0 Å². The Hall–Kier alpha value is -2.02. The van der Waals surface area contributed by atoms with Crippen LogP contribution < -0.4 is 5.32 Å². The van der Waals surface area contributed by atoms with Crippen molar-refractivity contribution >= 4 is 34.7 Å². The molecule has 2 aromatic rings. The first-order valence-corrected chi connectivity index (χ1v) is 7.23. The van der Waals surface area contributed by atoms with Crippen LogP contribution in [0.5, 0.6) is 0 Å². The fourth-order valence-electron chi connectivity index (χ4n) is 1.77. The molecule has 2 rings (SSSR count). The van der Waals surface area contributed by atoms with E-state index in [1.54, 1.807) is 0 Å². The van der Waals surface area contributed by atoms with Crippen molar-refractivity contribution in [2.45, 2.75) is 18.7 Å². The van der Waals surface area contributed by atoms with Gasteiger partial charge in [0.15, 0.2) is 0 Å². The second-order valence-corrected chi connectivity index (χ2v) is 5.34. The lowest BCUT2D eigenvalue weighted by molar-refractivity contribution is -0.140. The van der Waals surface area contributed by atoms with Crippen molar-refractivity contribution in [3.8, 4) is 0 Å². The molecule has 0 radical (unpaired) electrons. The highest BCUT2D eigenvalue weighted by molar-refractivity contribution is 7.98. The van der Waals surface area contributed by atoms with Gasteiger partial charge in [-0.1, -0.05) is 12.1 Å². The fourth-order valence-corrected chi connectivity index (χ4v) is 2.68. The number of hydrogen-bond acceptors (Lipinski definition) is 4. The van der Waals surface area contributed by atoms with Crippen LogP contribution in [-0.4, -0.2) is 38.7 Å². The van der Waals surface area contributed by atoms with Crippen molar-refractivity contribution in [2.75, 3.05) is 5.75 Å². The zero-order valence-electron chi connectivity index (χ0n) is 10.9. The first kappa shape index (κ1) is 14.4. The first-order chi connectivity index (χ1) is 9.56. The number of fused-ring (bicyclic) bond motifs is 1. The second kappa shape index (κ2) is 6.42. The zero-order chi connectivity index (χ0) is 14.5. The third-order valence-corrected chi connectivity index (χ3v) is 3.68. The number of H-pyrrole nitrogens is 1. The van der Waals surface area contributed by atoms with Gasteiger partial charge in [0.1, 0.15) is 11.9 Å². The number of imidazole rings is 1.